The first kappa shape index (κ1) is 13.2. The van der Waals surface area contributed by atoms with Crippen molar-refractivity contribution in [3.05, 3.63) is 51.5 Å². The SMILES string of the molecule is CCCNCc1cnc(Cc2cccc(C)c2)s1. The van der Waals surface area contributed by atoms with E-state index >= 15 is 0 Å². The largest absolute Gasteiger partial charge is 0.312 e. The number of benzene rings is 1. The van der Waals surface area contributed by atoms with Gasteiger partial charge in [0.05, 0.1) is 5.01 Å². The fourth-order valence-electron chi connectivity index (χ4n) is 1.90. The molecule has 0 fully saturated rings. The van der Waals surface area contributed by atoms with E-state index in [0.717, 1.165) is 19.5 Å². The number of hydrogen-bond acceptors (Lipinski definition) is 3. The second-order valence-electron chi connectivity index (χ2n) is 4.56. The Bertz CT molecular complexity index is 491. The highest BCUT2D eigenvalue weighted by molar-refractivity contribution is 7.11. The smallest absolute Gasteiger partial charge is 0.0972 e. The quantitative estimate of drug-likeness (QED) is 0.804. The lowest BCUT2D eigenvalue weighted by Crippen LogP contribution is -2.12. The monoisotopic (exact) mass is 260 g/mol. The Hall–Kier alpha value is -1.19. The fourth-order valence-corrected chi connectivity index (χ4v) is 2.82. The van der Waals surface area contributed by atoms with Crippen molar-refractivity contribution in [2.45, 2.75) is 33.2 Å². The third kappa shape index (κ3) is 3.93. The van der Waals surface area contributed by atoms with Crippen LogP contribution in [0.1, 0.15) is 34.4 Å². The van der Waals surface area contributed by atoms with Crippen molar-refractivity contribution in [1.82, 2.24) is 10.3 Å². The van der Waals surface area contributed by atoms with E-state index < -0.39 is 0 Å². The summed E-state index contributed by atoms with van der Waals surface area (Å²) in [4.78, 5) is 5.82. The molecule has 2 nitrogen and oxygen atoms in total. The number of nitrogens with one attached hydrogen (secondary N) is 1. The molecule has 2 aromatic rings. The van der Waals surface area contributed by atoms with Gasteiger partial charge in [-0.15, -0.1) is 11.3 Å². The lowest BCUT2D eigenvalue weighted by molar-refractivity contribution is 0.681. The van der Waals surface area contributed by atoms with Crippen molar-refractivity contribution in [3.63, 3.8) is 0 Å². The Labute approximate surface area is 113 Å². The van der Waals surface area contributed by atoms with Crippen LogP contribution >= 0.6 is 11.3 Å². The minimum atomic E-state index is 0.944. The summed E-state index contributed by atoms with van der Waals surface area (Å²) in [5, 5.41) is 4.61. The van der Waals surface area contributed by atoms with Crippen LogP contribution in [0.25, 0.3) is 0 Å². The summed E-state index contributed by atoms with van der Waals surface area (Å²) < 4.78 is 0. The van der Waals surface area contributed by atoms with Crippen LogP contribution in [0, 0.1) is 6.92 Å². The molecule has 0 aliphatic rings. The first-order chi connectivity index (χ1) is 8.78. The summed E-state index contributed by atoms with van der Waals surface area (Å²) in [5.41, 5.74) is 2.66. The molecule has 3 heteroatoms. The van der Waals surface area contributed by atoms with E-state index in [1.54, 1.807) is 0 Å². The van der Waals surface area contributed by atoms with Crippen LogP contribution in [0.5, 0.6) is 0 Å². The minimum Gasteiger partial charge on any atom is -0.312 e. The molecule has 0 saturated carbocycles. The maximum Gasteiger partial charge on any atom is 0.0972 e. The van der Waals surface area contributed by atoms with Gasteiger partial charge in [-0.1, -0.05) is 36.8 Å². The Kier molecular flexibility index (Phi) is 4.90. The molecule has 1 N–H and O–H groups in total. The number of aromatic nitrogens is 1. The van der Waals surface area contributed by atoms with Gasteiger partial charge in [0.15, 0.2) is 0 Å². The van der Waals surface area contributed by atoms with Gasteiger partial charge in [-0.05, 0) is 25.5 Å². The van der Waals surface area contributed by atoms with Crippen molar-refractivity contribution >= 4 is 11.3 Å². The van der Waals surface area contributed by atoms with Crippen molar-refractivity contribution < 1.29 is 0 Å². The van der Waals surface area contributed by atoms with Crippen LogP contribution in [-0.2, 0) is 13.0 Å². The standard InChI is InChI=1S/C15H20N2S/c1-3-7-16-10-14-11-17-15(18-14)9-13-6-4-5-12(2)8-13/h4-6,8,11,16H,3,7,9-10H2,1-2H3. The highest BCUT2D eigenvalue weighted by atomic mass is 32.1. The van der Waals surface area contributed by atoms with E-state index in [-0.39, 0.29) is 0 Å². The van der Waals surface area contributed by atoms with Gasteiger partial charge in [0.25, 0.3) is 0 Å². The van der Waals surface area contributed by atoms with E-state index in [9.17, 15) is 0 Å². The Morgan fingerprint density at radius 1 is 1.33 bits per heavy atom. The van der Waals surface area contributed by atoms with Crippen LogP contribution in [0.2, 0.25) is 0 Å². The van der Waals surface area contributed by atoms with Gasteiger partial charge in [0.2, 0.25) is 0 Å². The normalized spacial score (nSPS) is 10.8. The van der Waals surface area contributed by atoms with Crippen molar-refractivity contribution in [2.75, 3.05) is 6.54 Å². The van der Waals surface area contributed by atoms with Gasteiger partial charge < -0.3 is 5.32 Å². The molecule has 0 aliphatic carbocycles. The average Bonchev–Trinajstić information content (AvgIpc) is 2.77. The van der Waals surface area contributed by atoms with Crippen LogP contribution in [0.15, 0.2) is 30.5 Å². The topological polar surface area (TPSA) is 24.9 Å². The lowest BCUT2D eigenvalue weighted by Gasteiger charge is -2.00. The summed E-state index contributed by atoms with van der Waals surface area (Å²) in [7, 11) is 0. The van der Waals surface area contributed by atoms with Gasteiger partial charge in [-0.2, -0.15) is 0 Å². The Morgan fingerprint density at radius 2 is 2.22 bits per heavy atom. The first-order valence-electron chi connectivity index (χ1n) is 6.47. The summed E-state index contributed by atoms with van der Waals surface area (Å²) in [6.07, 6.45) is 4.12. The molecule has 1 heterocycles. The molecule has 0 amide bonds. The highest BCUT2D eigenvalue weighted by Gasteiger charge is 2.03. The molecule has 2 rings (SSSR count). The maximum absolute atomic E-state index is 4.50. The van der Waals surface area contributed by atoms with Crippen molar-refractivity contribution in [2.24, 2.45) is 0 Å². The molecule has 0 spiro atoms. The van der Waals surface area contributed by atoms with Crippen molar-refractivity contribution in [3.8, 4) is 0 Å². The summed E-state index contributed by atoms with van der Waals surface area (Å²) in [6.45, 7) is 6.33. The van der Waals surface area contributed by atoms with E-state index in [0.29, 0.717) is 0 Å². The molecule has 0 radical (unpaired) electrons. The Balaban J connectivity index is 1.94. The second kappa shape index (κ2) is 6.66. The predicted octanol–water partition coefficient (Wildman–Crippen LogP) is 3.54. The molecule has 0 saturated heterocycles. The number of aryl methyl sites for hydroxylation is 1. The Morgan fingerprint density at radius 3 is 3.00 bits per heavy atom. The lowest BCUT2D eigenvalue weighted by atomic mass is 10.1. The van der Waals surface area contributed by atoms with Crippen LogP contribution in [0.4, 0.5) is 0 Å². The fraction of sp³-hybridized carbons (Fsp3) is 0.400. The zero-order valence-corrected chi connectivity index (χ0v) is 11.9. The van der Waals surface area contributed by atoms with Gasteiger partial charge in [0, 0.05) is 24.0 Å². The van der Waals surface area contributed by atoms with E-state index in [2.05, 4.69) is 48.4 Å². The number of thiazole rings is 1. The molecule has 18 heavy (non-hydrogen) atoms. The van der Waals surface area contributed by atoms with E-state index in [1.165, 1.54) is 27.4 Å². The van der Waals surface area contributed by atoms with Gasteiger partial charge in [-0.3, -0.25) is 0 Å². The molecule has 0 aliphatic heterocycles. The predicted molar refractivity (Wildman–Crippen MR) is 78.1 cm³/mol. The van der Waals surface area contributed by atoms with Gasteiger partial charge >= 0.3 is 0 Å². The second-order valence-corrected chi connectivity index (χ2v) is 5.76. The van der Waals surface area contributed by atoms with E-state index in [1.807, 2.05) is 17.5 Å². The third-order valence-electron chi connectivity index (χ3n) is 2.77. The van der Waals surface area contributed by atoms with Gasteiger partial charge in [-0.25, -0.2) is 4.98 Å². The third-order valence-corrected chi connectivity index (χ3v) is 3.76. The summed E-state index contributed by atoms with van der Waals surface area (Å²) >= 11 is 1.81. The molecule has 0 atom stereocenters. The van der Waals surface area contributed by atoms with E-state index in [4.69, 9.17) is 0 Å². The number of hydrogen-bond donors (Lipinski definition) is 1. The van der Waals surface area contributed by atoms with Crippen LogP contribution in [0.3, 0.4) is 0 Å². The molecular weight excluding hydrogens is 240 g/mol. The molecule has 1 aromatic heterocycles. The maximum atomic E-state index is 4.50. The number of rotatable bonds is 6. The zero-order valence-electron chi connectivity index (χ0n) is 11.1. The van der Waals surface area contributed by atoms with Gasteiger partial charge in [0.1, 0.15) is 0 Å². The van der Waals surface area contributed by atoms with Crippen molar-refractivity contribution in [1.29, 1.82) is 0 Å². The molecule has 1 aromatic carbocycles. The van der Waals surface area contributed by atoms with Crippen LogP contribution < -0.4 is 5.32 Å². The summed E-state index contributed by atoms with van der Waals surface area (Å²) in [6, 6.07) is 8.65. The summed E-state index contributed by atoms with van der Waals surface area (Å²) in [5.74, 6) is 0. The zero-order chi connectivity index (χ0) is 12.8. The highest BCUT2D eigenvalue weighted by Crippen LogP contribution is 2.17. The molecule has 0 unspecified atom stereocenters. The molecular formula is C15H20N2S. The van der Waals surface area contributed by atoms with Crippen LogP contribution in [-0.4, -0.2) is 11.5 Å². The average molecular weight is 260 g/mol. The minimum absolute atomic E-state index is 0.944. The molecule has 0 bridgehead atoms. The molecule has 96 valence electrons. The first-order valence-corrected chi connectivity index (χ1v) is 7.29. The number of nitrogens with zero attached hydrogens (tertiary/aromatic N) is 1.